The summed E-state index contributed by atoms with van der Waals surface area (Å²) in [6.45, 7) is 5.95. The Labute approximate surface area is 86.2 Å². The Morgan fingerprint density at radius 2 is 2.07 bits per heavy atom. The maximum absolute atomic E-state index is 3.78. The summed E-state index contributed by atoms with van der Waals surface area (Å²) < 4.78 is 0. The number of anilines is 1. The standard InChI is InChI=1S/C13H17N/c1-3-8-12(4-2)11-14-13-9-6-5-7-10-13/h4-7,9-11,14H,2-3,8H2,1H3/b12-11+. The molecule has 74 valence electrons. The molecule has 0 saturated carbocycles. The third kappa shape index (κ3) is 3.48. The molecule has 1 rings (SSSR count). The number of rotatable bonds is 5. The van der Waals surface area contributed by atoms with Gasteiger partial charge in [-0.1, -0.05) is 44.2 Å². The van der Waals surface area contributed by atoms with E-state index in [1.807, 2.05) is 42.6 Å². The normalized spacial score (nSPS) is 11.1. The van der Waals surface area contributed by atoms with Crippen molar-refractivity contribution in [1.82, 2.24) is 0 Å². The average molecular weight is 187 g/mol. The molecule has 0 saturated heterocycles. The van der Waals surface area contributed by atoms with Gasteiger partial charge in [0.2, 0.25) is 0 Å². The van der Waals surface area contributed by atoms with E-state index in [0.717, 1.165) is 18.5 Å². The summed E-state index contributed by atoms with van der Waals surface area (Å²) in [5.41, 5.74) is 2.36. The summed E-state index contributed by atoms with van der Waals surface area (Å²) >= 11 is 0. The number of benzene rings is 1. The zero-order valence-electron chi connectivity index (χ0n) is 8.66. The summed E-state index contributed by atoms with van der Waals surface area (Å²) in [5.74, 6) is 0. The molecule has 1 aromatic rings. The third-order valence-corrected chi connectivity index (χ3v) is 2.00. The van der Waals surface area contributed by atoms with Gasteiger partial charge in [0.25, 0.3) is 0 Å². The molecule has 0 aliphatic carbocycles. The fourth-order valence-corrected chi connectivity index (χ4v) is 1.23. The van der Waals surface area contributed by atoms with Crippen LogP contribution in [-0.4, -0.2) is 0 Å². The topological polar surface area (TPSA) is 12.0 Å². The predicted octanol–water partition coefficient (Wildman–Crippen LogP) is 3.97. The van der Waals surface area contributed by atoms with Gasteiger partial charge in [-0.05, 0) is 24.1 Å². The van der Waals surface area contributed by atoms with Crippen LogP contribution in [-0.2, 0) is 0 Å². The monoisotopic (exact) mass is 187 g/mol. The number of para-hydroxylation sites is 1. The smallest absolute Gasteiger partial charge is 0.0379 e. The van der Waals surface area contributed by atoms with Crippen LogP contribution in [0.15, 0.2) is 54.8 Å². The molecule has 1 N–H and O–H groups in total. The zero-order chi connectivity index (χ0) is 10.2. The molecule has 1 heteroatoms. The van der Waals surface area contributed by atoms with Crippen molar-refractivity contribution in [1.29, 1.82) is 0 Å². The Morgan fingerprint density at radius 3 is 2.64 bits per heavy atom. The van der Waals surface area contributed by atoms with Crippen molar-refractivity contribution in [2.24, 2.45) is 0 Å². The van der Waals surface area contributed by atoms with Gasteiger partial charge in [0.05, 0.1) is 0 Å². The van der Waals surface area contributed by atoms with Crippen LogP contribution in [0, 0.1) is 0 Å². The minimum absolute atomic E-state index is 1.07. The number of hydrogen-bond acceptors (Lipinski definition) is 1. The predicted molar refractivity (Wildman–Crippen MR) is 63.3 cm³/mol. The minimum Gasteiger partial charge on any atom is -0.361 e. The molecule has 14 heavy (non-hydrogen) atoms. The molecule has 0 fully saturated rings. The fourth-order valence-electron chi connectivity index (χ4n) is 1.23. The summed E-state index contributed by atoms with van der Waals surface area (Å²) in [5, 5.41) is 3.25. The lowest BCUT2D eigenvalue weighted by Gasteiger charge is -2.02. The Hall–Kier alpha value is -1.50. The van der Waals surface area contributed by atoms with E-state index < -0.39 is 0 Å². The van der Waals surface area contributed by atoms with Gasteiger partial charge in [0.1, 0.15) is 0 Å². The summed E-state index contributed by atoms with van der Waals surface area (Å²) in [7, 11) is 0. The lowest BCUT2D eigenvalue weighted by molar-refractivity contribution is 0.925. The van der Waals surface area contributed by atoms with Gasteiger partial charge in [-0.3, -0.25) is 0 Å². The molecule has 0 aromatic heterocycles. The Morgan fingerprint density at radius 1 is 1.36 bits per heavy atom. The van der Waals surface area contributed by atoms with E-state index in [1.165, 1.54) is 5.57 Å². The van der Waals surface area contributed by atoms with E-state index in [2.05, 4.69) is 18.8 Å². The summed E-state index contributed by atoms with van der Waals surface area (Å²) in [4.78, 5) is 0. The van der Waals surface area contributed by atoms with E-state index >= 15 is 0 Å². The first-order valence-electron chi connectivity index (χ1n) is 5.00. The third-order valence-electron chi connectivity index (χ3n) is 2.00. The summed E-state index contributed by atoms with van der Waals surface area (Å²) in [6, 6.07) is 10.1. The van der Waals surface area contributed by atoms with Crippen LogP contribution in [0.5, 0.6) is 0 Å². The van der Waals surface area contributed by atoms with E-state index in [1.54, 1.807) is 0 Å². The van der Waals surface area contributed by atoms with E-state index in [9.17, 15) is 0 Å². The van der Waals surface area contributed by atoms with Crippen LogP contribution < -0.4 is 5.32 Å². The highest BCUT2D eigenvalue weighted by atomic mass is 14.8. The molecule has 0 heterocycles. The maximum Gasteiger partial charge on any atom is 0.0379 e. The van der Waals surface area contributed by atoms with Crippen LogP contribution in [0.4, 0.5) is 5.69 Å². The second-order valence-corrected chi connectivity index (χ2v) is 3.18. The molecule has 1 nitrogen and oxygen atoms in total. The SMILES string of the molecule is C=C/C(=C\Nc1ccccc1)CCC. The molecular formula is C13H17N. The first kappa shape index (κ1) is 10.6. The molecule has 0 radical (unpaired) electrons. The van der Waals surface area contributed by atoms with Crippen molar-refractivity contribution < 1.29 is 0 Å². The molecule has 1 aromatic carbocycles. The molecule has 0 amide bonds. The van der Waals surface area contributed by atoms with E-state index in [4.69, 9.17) is 0 Å². The van der Waals surface area contributed by atoms with Crippen LogP contribution in [0.2, 0.25) is 0 Å². The number of nitrogens with one attached hydrogen (secondary N) is 1. The first-order valence-corrected chi connectivity index (χ1v) is 5.00. The first-order chi connectivity index (χ1) is 6.86. The lowest BCUT2D eigenvalue weighted by Crippen LogP contribution is -1.89. The molecule has 0 bridgehead atoms. The van der Waals surface area contributed by atoms with Gasteiger partial charge in [0, 0.05) is 11.9 Å². The fraction of sp³-hybridized carbons (Fsp3) is 0.231. The van der Waals surface area contributed by atoms with Crippen LogP contribution in [0.25, 0.3) is 0 Å². The summed E-state index contributed by atoms with van der Waals surface area (Å²) in [6.07, 6.45) is 6.14. The van der Waals surface area contributed by atoms with Crippen molar-refractivity contribution >= 4 is 5.69 Å². The van der Waals surface area contributed by atoms with Crippen molar-refractivity contribution in [3.8, 4) is 0 Å². The Bertz CT molecular complexity index is 298. The van der Waals surface area contributed by atoms with E-state index in [-0.39, 0.29) is 0 Å². The van der Waals surface area contributed by atoms with Crippen LogP contribution >= 0.6 is 0 Å². The van der Waals surface area contributed by atoms with Gasteiger partial charge in [-0.15, -0.1) is 0 Å². The lowest BCUT2D eigenvalue weighted by atomic mass is 10.1. The minimum atomic E-state index is 1.07. The zero-order valence-corrected chi connectivity index (χ0v) is 8.66. The quantitative estimate of drug-likeness (QED) is 0.688. The van der Waals surface area contributed by atoms with Gasteiger partial charge < -0.3 is 5.32 Å². The van der Waals surface area contributed by atoms with Gasteiger partial charge in [0.15, 0.2) is 0 Å². The van der Waals surface area contributed by atoms with Gasteiger partial charge >= 0.3 is 0 Å². The molecule has 0 aliphatic heterocycles. The average Bonchev–Trinajstić information content (AvgIpc) is 2.25. The maximum atomic E-state index is 3.78. The van der Waals surface area contributed by atoms with Gasteiger partial charge in [-0.25, -0.2) is 0 Å². The van der Waals surface area contributed by atoms with E-state index in [0.29, 0.717) is 0 Å². The second kappa shape index (κ2) is 6.03. The van der Waals surface area contributed by atoms with Gasteiger partial charge in [-0.2, -0.15) is 0 Å². The highest BCUT2D eigenvalue weighted by Gasteiger charge is 1.89. The number of hydrogen-bond donors (Lipinski definition) is 1. The molecular weight excluding hydrogens is 170 g/mol. The molecule has 0 atom stereocenters. The highest BCUT2D eigenvalue weighted by Crippen LogP contribution is 2.09. The van der Waals surface area contributed by atoms with Crippen LogP contribution in [0.1, 0.15) is 19.8 Å². The van der Waals surface area contributed by atoms with Crippen molar-refractivity contribution in [2.75, 3.05) is 5.32 Å². The van der Waals surface area contributed by atoms with Crippen molar-refractivity contribution in [2.45, 2.75) is 19.8 Å². The van der Waals surface area contributed by atoms with Crippen LogP contribution in [0.3, 0.4) is 0 Å². The molecule has 0 unspecified atom stereocenters. The van der Waals surface area contributed by atoms with Crippen molar-refractivity contribution in [3.05, 3.63) is 54.8 Å². The Kier molecular flexibility index (Phi) is 4.56. The highest BCUT2D eigenvalue weighted by molar-refractivity contribution is 5.46. The largest absolute Gasteiger partial charge is 0.361 e. The molecule has 0 spiro atoms. The number of allylic oxidation sites excluding steroid dienone is 2. The van der Waals surface area contributed by atoms with Crippen molar-refractivity contribution in [3.63, 3.8) is 0 Å². The second-order valence-electron chi connectivity index (χ2n) is 3.18. The molecule has 0 aliphatic rings. The Balaban J connectivity index is 2.56.